The Bertz CT molecular complexity index is 972. The monoisotopic (exact) mass is 425 g/mol. The van der Waals surface area contributed by atoms with Crippen LogP contribution in [0.1, 0.15) is 22.8 Å². The van der Waals surface area contributed by atoms with Gasteiger partial charge in [-0.25, -0.2) is 13.2 Å². The highest BCUT2D eigenvalue weighted by atomic mass is 35.5. The van der Waals surface area contributed by atoms with Crippen molar-refractivity contribution >= 4 is 39.3 Å². The zero-order chi connectivity index (χ0) is 20.9. The first-order valence-corrected chi connectivity index (χ1v) is 10.2. The van der Waals surface area contributed by atoms with E-state index in [9.17, 15) is 18.0 Å². The lowest BCUT2D eigenvalue weighted by Gasteiger charge is -2.25. The topological polar surface area (TPSA) is 90.0 Å². The zero-order valence-electron chi connectivity index (χ0n) is 15.6. The van der Waals surface area contributed by atoms with Gasteiger partial charge in [-0.2, -0.15) is 0 Å². The minimum absolute atomic E-state index is 0.0539. The Kier molecular flexibility index (Phi) is 7.04. The number of hydrogen-bond donors (Lipinski definition) is 0. The van der Waals surface area contributed by atoms with E-state index in [4.69, 9.17) is 16.3 Å². The molecule has 0 heterocycles. The van der Waals surface area contributed by atoms with Crippen molar-refractivity contribution in [1.82, 2.24) is 0 Å². The highest BCUT2D eigenvalue weighted by Gasteiger charge is 2.29. The summed E-state index contributed by atoms with van der Waals surface area (Å²) in [7, 11) is -2.97. The summed E-state index contributed by atoms with van der Waals surface area (Å²) in [6.45, 7) is 2.96. The third-order valence-corrected chi connectivity index (χ3v) is 5.92. The van der Waals surface area contributed by atoms with Crippen LogP contribution in [0.25, 0.3) is 0 Å². The molecule has 28 heavy (non-hydrogen) atoms. The van der Waals surface area contributed by atoms with E-state index in [1.165, 1.54) is 36.4 Å². The van der Waals surface area contributed by atoms with Gasteiger partial charge in [0.05, 0.1) is 29.9 Å². The summed E-state index contributed by atoms with van der Waals surface area (Å²) >= 11 is 5.84. The highest BCUT2D eigenvalue weighted by molar-refractivity contribution is 7.92. The molecule has 0 aliphatic rings. The average Bonchev–Trinajstić information content (AvgIpc) is 2.67. The molecule has 0 N–H and O–H groups in total. The molecule has 2 aromatic carbocycles. The number of benzene rings is 2. The van der Waals surface area contributed by atoms with E-state index in [1.807, 2.05) is 0 Å². The van der Waals surface area contributed by atoms with Gasteiger partial charge in [0.2, 0.25) is 0 Å². The fraction of sp³-hybridized carbons (Fsp3) is 0.263. The van der Waals surface area contributed by atoms with Crippen LogP contribution in [0.2, 0.25) is 5.02 Å². The normalized spacial score (nSPS) is 11.0. The highest BCUT2D eigenvalue weighted by Crippen LogP contribution is 2.29. The Labute approximate surface area is 168 Å². The van der Waals surface area contributed by atoms with Crippen LogP contribution in [-0.4, -0.2) is 40.6 Å². The first-order chi connectivity index (χ1) is 13.2. The Morgan fingerprint density at radius 1 is 1.11 bits per heavy atom. The number of hydrogen-bond acceptors (Lipinski definition) is 6. The summed E-state index contributed by atoms with van der Waals surface area (Å²) in [4.78, 5) is 23.9. The maximum absolute atomic E-state index is 13.2. The van der Waals surface area contributed by atoms with Gasteiger partial charge in [0.1, 0.15) is 6.54 Å². The second-order valence-corrected chi connectivity index (χ2v) is 8.06. The standard InChI is InChI=1S/C19H20ClNO6S/c1-4-27-19(23)14-6-5-13(2)17(11-14)21(12-18(22)26-3)28(24,25)16-9-7-15(20)8-10-16/h5-11H,4,12H2,1-3H3. The van der Waals surface area contributed by atoms with Crippen LogP contribution in [0.4, 0.5) is 5.69 Å². The maximum atomic E-state index is 13.2. The molecule has 7 nitrogen and oxygen atoms in total. The second-order valence-electron chi connectivity index (χ2n) is 5.76. The Hall–Kier alpha value is -2.58. The molecule has 2 rings (SSSR count). The molecule has 0 radical (unpaired) electrons. The summed E-state index contributed by atoms with van der Waals surface area (Å²) < 4.78 is 37.0. The number of halogens is 1. The molecule has 0 aromatic heterocycles. The number of esters is 2. The van der Waals surface area contributed by atoms with Gasteiger partial charge in [0.15, 0.2) is 0 Å². The van der Waals surface area contributed by atoms with E-state index >= 15 is 0 Å². The van der Waals surface area contributed by atoms with Crippen LogP contribution in [0, 0.1) is 6.92 Å². The molecule has 0 saturated heterocycles. The molecule has 0 bridgehead atoms. The number of aryl methyl sites for hydroxylation is 1. The Morgan fingerprint density at radius 3 is 2.32 bits per heavy atom. The quantitative estimate of drug-likeness (QED) is 0.633. The van der Waals surface area contributed by atoms with Crippen LogP contribution in [-0.2, 0) is 24.3 Å². The number of methoxy groups -OCH3 is 1. The van der Waals surface area contributed by atoms with Crippen molar-refractivity contribution in [3.05, 3.63) is 58.6 Å². The van der Waals surface area contributed by atoms with E-state index in [2.05, 4.69) is 4.74 Å². The zero-order valence-corrected chi connectivity index (χ0v) is 17.2. The number of anilines is 1. The fourth-order valence-electron chi connectivity index (χ4n) is 2.43. The molecule has 0 aliphatic carbocycles. The molecular formula is C19H20ClNO6S. The lowest BCUT2D eigenvalue weighted by atomic mass is 10.1. The number of nitrogens with zero attached hydrogens (tertiary/aromatic N) is 1. The summed E-state index contributed by atoms with van der Waals surface area (Å²) in [6, 6.07) is 10.0. The van der Waals surface area contributed by atoms with Crippen LogP contribution in [0.3, 0.4) is 0 Å². The van der Waals surface area contributed by atoms with Crippen molar-refractivity contribution in [2.24, 2.45) is 0 Å². The number of carbonyl (C=O) groups excluding carboxylic acids is 2. The molecule has 0 unspecified atom stereocenters. The van der Waals surface area contributed by atoms with Crippen LogP contribution in [0.5, 0.6) is 0 Å². The number of ether oxygens (including phenoxy) is 2. The minimum Gasteiger partial charge on any atom is -0.468 e. The summed E-state index contributed by atoms with van der Waals surface area (Å²) in [5, 5.41) is 0.374. The minimum atomic E-state index is -4.13. The van der Waals surface area contributed by atoms with Crippen LogP contribution >= 0.6 is 11.6 Å². The van der Waals surface area contributed by atoms with Crippen molar-refractivity contribution in [2.45, 2.75) is 18.7 Å². The van der Waals surface area contributed by atoms with Gasteiger partial charge in [-0.15, -0.1) is 0 Å². The molecule has 2 aromatic rings. The molecule has 0 saturated carbocycles. The third-order valence-electron chi connectivity index (χ3n) is 3.89. The summed E-state index contributed by atoms with van der Waals surface area (Å²) in [5.74, 6) is -1.34. The molecular weight excluding hydrogens is 406 g/mol. The SMILES string of the molecule is CCOC(=O)c1ccc(C)c(N(CC(=O)OC)S(=O)(=O)c2ccc(Cl)cc2)c1. The Balaban J connectivity index is 2.60. The van der Waals surface area contributed by atoms with E-state index in [0.717, 1.165) is 11.4 Å². The second kappa shape index (κ2) is 9.07. The van der Waals surface area contributed by atoms with Crippen LogP contribution < -0.4 is 4.31 Å². The summed E-state index contributed by atoms with van der Waals surface area (Å²) in [5.41, 5.74) is 0.893. The molecule has 150 valence electrons. The largest absolute Gasteiger partial charge is 0.468 e. The molecule has 0 spiro atoms. The number of sulfonamides is 1. The van der Waals surface area contributed by atoms with Crippen molar-refractivity contribution in [1.29, 1.82) is 0 Å². The lowest BCUT2D eigenvalue weighted by Crippen LogP contribution is -2.37. The van der Waals surface area contributed by atoms with Crippen molar-refractivity contribution in [2.75, 3.05) is 24.6 Å². The van der Waals surface area contributed by atoms with Gasteiger partial charge in [0.25, 0.3) is 10.0 Å². The van der Waals surface area contributed by atoms with Crippen molar-refractivity contribution in [3.63, 3.8) is 0 Å². The Morgan fingerprint density at radius 2 is 1.75 bits per heavy atom. The van der Waals surface area contributed by atoms with Gasteiger partial charge in [-0.1, -0.05) is 17.7 Å². The first kappa shape index (κ1) is 21.7. The predicted octanol–water partition coefficient (Wildman–Crippen LogP) is 3.19. The van der Waals surface area contributed by atoms with Gasteiger partial charge in [-0.3, -0.25) is 9.10 Å². The maximum Gasteiger partial charge on any atom is 0.338 e. The predicted molar refractivity (Wildman–Crippen MR) is 105 cm³/mol. The van der Waals surface area contributed by atoms with Gasteiger partial charge < -0.3 is 9.47 Å². The molecule has 0 fully saturated rings. The smallest absolute Gasteiger partial charge is 0.338 e. The van der Waals surface area contributed by atoms with E-state index in [0.29, 0.717) is 10.6 Å². The fourth-order valence-corrected chi connectivity index (χ4v) is 4.03. The van der Waals surface area contributed by atoms with Crippen molar-refractivity contribution in [3.8, 4) is 0 Å². The number of rotatable bonds is 7. The average molecular weight is 426 g/mol. The lowest BCUT2D eigenvalue weighted by molar-refractivity contribution is -0.138. The molecule has 0 aliphatic heterocycles. The van der Waals surface area contributed by atoms with E-state index < -0.39 is 28.5 Å². The number of carbonyl (C=O) groups is 2. The molecule has 0 atom stereocenters. The van der Waals surface area contributed by atoms with Crippen LogP contribution in [0.15, 0.2) is 47.4 Å². The summed E-state index contributed by atoms with van der Waals surface area (Å²) in [6.07, 6.45) is 0. The van der Waals surface area contributed by atoms with Crippen molar-refractivity contribution < 1.29 is 27.5 Å². The third kappa shape index (κ3) is 4.82. The van der Waals surface area contributed by atoms with E-state index in [1.54, 1.807) is 19.9 Å². The van der Waals surface area contributed by atoms with Gasteiger partial charge >= 0.3 is 11.9 Å². The molecule has 0 amide bonds. The first-order valence-electron chi connectivity index (χ1n) is 8.33. The van der Waals surface area contributed by atoms with Gasteiger partial charge in [0, 0.05) is 5.02 Å². The van der Waals surface area contributed by atoms with Gasteiger partial charge in [-0.05, 0) is 55.8 Å². The van der Waals surface area contributed by atoms with E-state index in [-0.39, 0.29) is 22.8 Å². The molecule has 9 heteroatoms.